The molecule has 1 nitrogen and oxygen atoms in total. The third-order valence-corrected chi connectivity index (χ3v) is 1.78. The van der Waals surface area contributed by atoms with Crippen molar-refractivity contribution in [2.75, 3.05) is 6.54 Å². The molecule has 2 heteroatoms. The highest BCUT2D eigenvalue weighted by atomic mass is 32.2. The van der Waals surface area contributed by atoms with Crippen molar-refractivity contribution < 1.29 is 0 Å². The molecule has 0 atom stereocenters. The van der Waals surface area contributed by atoms with Crippen LogP contribution in [0.1, 0.15) is 20.8 Å². The van der Waals surface area contributed by atoms with Crippen LogP contribution in [0.3, 0.4) is 0 Å². The average molecular weight is 169 g/mol. The van der Waals surface area contributed by atoms with Gasteiger partial charge in [0.15, 0.2) is 0 Å². The first-order valence-corrected chi connectivity index (χ1v) is 4.63. The first kappa shape index (κ1) is 10.5. The summed E-state index contributed by atoms with van der Waals surface area (Å²) in [6.45, 7) is 6.98. The molecule has 11 heavy (non-hydrogen) atoms. The van der Waals surface area contributed by atoms with Gasteiger partial charge < -0.3 is 0 Å². The van der Waals surface area contributed by atoms with Crippen molar-refractivity contribution in [2.24, 2.45) is 4.99 Å². The summed E-state index contributed by atoms with van der Waals surface area (Å²) < 4.78 is 0. The molecule has 0 bridgehead atoms. The van der Waals surface area contributed by atoms with Crippen molar-refractivity contribution >= 4 is 17.3 Å². The number of hydrogen-bond donors (Lipinski definition) is 0. The van der Waals surface area contributed by atoms with Crippen LogP contribution < -0.4 is 0 Å². The van der Waals surface area contributed by atoms with Gasteiger partial charge in [-0.05, 0) is 25.7 Å². The average Bonchev–Trinajstić information content (AvgIpc) is 2.01. The van der Waals surface area contributed by atoms with E-state index in [-0.39, 0.29) is 0 Å². The maximum atomic E-state index is 4.09. The Labute approximate surface area is 73.3 Å². The Kier molecular flexibility index (Phi) is 7.26. The third-order valence-electron chi connectivity index (χ3n) is 1.02. The number of hydrogen-bond acceptors (Lipinski definition) is 2. The van der Waals surface area contributed by atoms with E-state index in [2.05, 4.69) is 18.0 Å². The summed E-state index contributed by atoms with van der Waals surface area (Å²) in [7, 11) is 0. The minimum atomic E-state index is 0.865. The molecule has 0 aliphatic carbocycles. The molecule has 0 heterocycles. The molecular formula is C9H15NS. The zero-order valence-corrected chi connectivity index (χ0v) is 8.19. The van der Waals surface area contributed by atoms with Gasteiger partial charge in [-0.25, -0.2) is 0 Å². The van der Waals surface area contributed by atoms with Crippen LogP contribution in [0.15, 0.2) is 28.1 Å². The van der Waals surface area contributed by atoms with E-state index in [1.807, 2.05) is 31.5 Å². The number of thioether (sulfide) groups is 1. The minimum absolute atomic E-state index is 0.865. The van der Waals surface area contributed by atoms with Gasteiger partial charge in [-0.1, -0.05) is 30.0 Å². The normalized spacial score (nSPS) is 13.5. The highest BCUT2D eigenvalue weighted by Gasteiger charge is 1.81. The second-order valence-electron chi connectivity index (χ2n) is 2.03. The van der Waals surface area contributed by atoms with E-state index in [0.717, 1.165) is 6.54 Å². The summed E-state index contributed by atoms with van der Waals surface area (Å²) in [6.07, 6.45) is 6.12. The fraction of sp³-hybridized carbons (Fsp3) is 0.444. The molecule has 0 aliphatic rings. The second-order valence-corrected chi connectivity index (χ2v) is 3.12. The first-order valence-electron chi connectivity index (χ1n) is 3.75. The molecule has 0 aliphatic heterocycles. The van der Waals surface area contributed by atoms with Gasteiger partial charge >= 0.3 is 0 Å². The van der Waals surface area contributed by atoms with Crippen LogP contribution >= 0.6 is 11.8 Å². The summed E-state index contributed by atoms with van der Waals surface area (Å²) >= 11 is 1.66. The summed E-state index contributed by atoms with van der Waals surface area (Å²) in [6, 6.07) is 0. The van der Waals surface area contributed by atoms with Gasteiger partial charge in [0.1, 0.15) is 0 Å². The second kappa shape index (κ2) is 7.61. The monoisotopic (exact) mass is 169 g/mol. The van der Waals surface area contributed by atoms with Crippen LogP contribution in [0.5, 0.6) is 0 Å². The predicted molar refractivity (Wildman–Crippen MR) is 55.2 cm³/mol. The summed E-state index contributed by atoms with van der Waals surface area (Å²) in [4.78, 5) is 5.36. The summed E-state index contributed by atoms with van der Waals surface area (Å²) in [5.41, 5.74) is 1.88. The molecule has 0 aromatic carbocycles. The van der Waals surface area contributed by atoms with E-state index in [1.54, 1.807) is 11.8 Å². The molecule has 0 aromatic heterocycles. The third kappa shape index (κ3) is 7.40. The molecule has 0 fully saturated rings. The zero-order chi connectivity index (χ0) is 8.53. The predicted octanol–water partition coefficient (Wildman–Crippen LogP) is 3.25. The Hall–Kier alpha value is -0.500. The summed E-state index contributed by atoms with van der Waals surface area (Å²) in [5, 5.41) is 0. The molecule has 0 rings (SSSR count). The van der Waals surface area contributed by atoms with E-state index < -0.39 is 0 Å². The molecule has 0 amide bonds. The zero-order valence-electron chi connectivity index (χ0n) is 7.37. The number of allylic oxidation sites excluding steroid dienone is 4. The van der Waals surface area contributed by atoms with Gasteiger partial charge in [0.2, 0.25) is 0 Å². The topological polar surface area (TPSA) is 12.4 Å². The number of nitrogens with zero attached hydrogens (tertiary/aromatic N) is 1. The van der Waals surface area contributed by atoms with Gasteiger partial charge in [0.25, 0.3) is 0 Å². The Balaban J connectivity index is 3.67. The highest BCUT2D eigenvalue weighted by molar-refractivity contribution is 8.15. The molecule has 0 radical (unpaired) electrons. The largest absolute Gasteiger partial charge is 0.286 e. The van der Waals surface area contributed by atoms with Gasteiger partial charge in [0.05, 0.1) is 5.55 Å². The van der Waals surface area contributed by atoms with Gasteiger partial charge in [-0.15, -0.1) is 0 Å². The quantitative estimate of drug-likeness (QED) is 0.357. The Morgan fingerprint density at radius 1 is 1.55 bits per heavy atom. The van der Waals surface area contributed by atoms with Crippen molar-refractivity contribution in [3.63, 3.8) is 0 Å². The van der Waals surface area contributed by atoms with Crippen LogP contribution in [0.25, 0.3) is 0 Å². The van der Waals surface area contributed by atoms with Crippen LogP contribution in [0.4, 0.5) is 0 Å². The smallest absolute Gasteiger partial charge is 0.0585 e. The van der Waals surface area contributed by atoms with Gasteiger partial charge in [0, 0.05) is 6.54 Å². The maximum absolute atomic E-state index is 4.09. The van der Waals surface area contributed by atoms with Crippen molar-refractivity contribution in [3.05, 3.63) is 23.1 Å². The lowest BCUT2D eigenvalue weighted by molar-refractivity contribution is 1.15. The molecule has 62 valence electrons. The number of aliphatic imine (C=N–C) groups is 1. The molecule has 0 saturated carbocycles. The van der Waals surface area contributed by atoms with Crippen molar-refractivity contribution in [1.82, 2.24) is 0 Å². The van der Waals surface area contributed by atoms with Crippen molar-refractivity contribution in [3.8, 4) is 0 Å². The van der Waals surface area contributed by atoms with E-state index >= 15 is 0 Å². The lowest BCUT2D eigenvalue weighted by Gasteiger charge is -1.90. The first-order chi connectivity index (χ1) is 5.31. The van der Waals surface area contributed by atoms with Crippen molar-refractivity contribution in [2.45, 2.75) is 20.8 Å². The lowest BCUT2D eigenvalue weighted by atomic mass is 10.5. The van der Waals surface area contributed by atoms with Crippen LogP contribution in [0.2, 0.25) is 0 Å². The Bertz CT molecular complexity index is 168. The van der Waals surface area contributed by atoms with Crippen LogP contribution in [-0.4, -0.2) is 12.1 Å². The van der Waals surface area contributed by atoms with E-state index in [4.69, 9.17) is 0 Å². The SMILES string of the molecule is C/C=C\C=C(/C)SC=NCC. The Morgan fingerprint density at radius 3 is 2.82 bits per heavy atom. The molecule has 0 aromatic rings. The van der Waals surface area contributed by atoms with E-state index in [0.29, 0.717) is 0 Å². The van der Waals surface area contributed by atoms with E-state index in [1.165, 1.54) is 4.91 Å². The fourth-order valence-electron chi connectivity index (χ4n) is 0.466. The highest BCUT2D eigenvalue weighted by Crippen LogP contribution is 2.10. The van der Waals surface area contributed by atoms with E-state index in [9.17, 15) is 0 Å². The fourth-order valence-corrected chi connectivity index (χ4v) is 1.01. The van der Waals surface area contributed by atoms with Crippen LogP contribution in [0, 0.1) is 0 Å². The summed E-state index contributed by atoms with van der Waals surface area (Å²) in [5.74, 6) is 0. The number of rotatable bonds is 4. The standard InChI is InChI=1S/C9H15NS/c1-4-6-7-9(3)11-8-10-5-2/h4,6-8H,5H2,1-3H3/b6-4-,9-7+,10-8?. The van der Waals surface area contributed by atoms with Crippen LogP contribution in [-0.2, 0) is 0 Å². The molecule has 0 spiro atoms. The van der Waals surface area contributed by atoms with Gasteiger partial charge in [-0.2, -0.15) is 0 Å². The van der Waals surface area contributed by atoms with Crippen molar-refractivity contribution in [1.29, 1.82) is 0 Å². The minimum Gasteiger partial charge on any atom is -0.286 e. The molecule has 0 unspecified atom stereocenters. The Morgan fingerprint density at radius 2 is 2.27 bits per heavy atom. The molecule has 0 N–H and O–H groups in total. The lowest BCUT2D eigenvalue weighted by Crippen LogP contribution is -1.70. The molecular weight excluding hydrogens is 154 g/mol. The maximum Gasteiger partial charge on any atom is 0.0585 e. The molecule has 0 saturated heterocycles. The van der Waals surface area contributed by atoms with Gasteiger partial charge in [-0.3, -0.25) is 4.99 Å².